The van der Waals surface area contributed by atoms with Gasteiger partial charge in [0.25, 0.3) is 5.91 Å². The summed E-state index contributed by atoms with van der Waals surface area (Å²) in [5.41, 5.74) is 6.20. The summed E-state index contributed by atoms with van der Waals surface area (Å²) in [7, 11) is -0.446. The highest BCUT2D eigenvalue weighted by molar-refractivity contribution is 7.89. The molecular weight excluding hydrogens is 506 g/mol. The fraction of sp³-hybridized carbons (Fsp3) is 0.333. The van der Waals surface area contributed by atoms with Gasteiger partial charge in [-0.2, -0.15) is 9.40 Å². The summed E-state index contributed by atoms with van der Waals surface area (Å²) in [6.07, 6.45) is 0. The van der Waals surface area contributed by atoms with Gasteiger partial charge in [0.05, 0.1) is 21.7 Å². The van der Waals surface area contributed by atoms with E-state index >= 15 is 0 Å². The van der Waals surface area contributed by atoms with Crippen molar-refractivity contribution < 1.29 is 26.7 Å². The summed E-state index contributed by atoms with van der Waals surface area (Å²) in [4.78, 5) is 14.4. The van der Waals surface area contributed by atoms with Crippen molar-refractivity contribution in [2.45, 2.75) is 30.8 Å². The number of nitrogens with two attached hydrogens (primary N) is 1. The van der Waals surface area contributed by atoms with Crippen LogP contribution in [0, 0.1) is 11.6 Å². The first-order valence-corrected chi connectivity index (χ1v) is 12.8. The number of ether oxygens (including phenoxy) is 1. The van der Waals surface area contributed by atoms with Gasteiger partial charge in [-0.1, -0.05) is 0 Å². The third-order valence-electron chi connectivity index (χ3n) is 6.14. The molecule has 2 heterocycles. The monoisotopic (exact) mass is 534 g/mol. The Labute approximate surface area is 213 Å². The van der Waals surface area contributed by atoms with Gasteiger partial charge in [0.1, 0.15) is 24.0 Å². The van der Waals surface area contributed by atoms with E-state index in [1.54, 1.807) is 26.0 Å². The zero-order valence-corrected chi connectivity index (χ0v) is 21.6. The van der Waals surface area contributed by atoms with Crippen LogP contribution in [0.3, 0.4) is 0 Å². The molecule has 13 heteroatoms. The third kappa shape index (κ3) is 5.15. The number of amides is 1. The van der Waals surface area contributed by atoms with Crippen LogP contribution in [0.15, 0.2) is 41.3 Å². The SMILES string of the molecule is CN(C)CCOc1ccc(C(=O)Nc2n[nH]c3c2CN(S(=O)(=O)c2cc(F)cc(F)c2)C3(C)C)c(N)c1. The number of aromatic amines is 1. The summed E-state index contributed by atoms with van der Waals surface area (Å²) in [6.45, 7) is 4.24. The minimum atomic E-state index is -4.30. The summed E-state index contributed by atoms with van der Waals surface area (Å²) < 4.78 is 60.9. The number of carbonyl (C=O) groups excluding carboxylic acids is 1. The zero-order chi connectivity index (χ0) is 27.1. The lowest BCUT2D eigenvalue weighted by atomic mass is 10.0. The number of carbonyl (C=O) groups is 1. The summed E-state index contributed by atoms with van der Waals surface area (Å²) in [5, 5.41) is 9.62. The van der Waals surface area contributed by atoms with Gasteiger partial charge in [-0.3, -0.25) is 9.89 Å². The quantitative estimate of drug-likeness (QED) is 0.379. The minimum Gasteiger partial charge on any atom is -0.492 e. The Morgan fingerprint density at radius 1 is 1.22 bits per heavy atom. The number of nitrogens with zero attached hydrogens (tertiary/aromatic N) is 3. The number of benzene rings is 2. The number of nitrogen functional groups attached to an aromatic ring is 1. The van der Waals surface area contributed by atoms with Crippen LogP contribution in [0.5, 0.6) is 5.75 Å². The Morgan fingerprint density at radius 3 is 2.51 bits per heavy atom. The molecule has 4 N–H and O–H groups in total. The van der Waals surface area contributed by atoms with Gasteiger partial charge in [0.2, 0.25) is 10.0 Å². The number of halogens is 2. The molecule has 37 heavy (non-hydrogen) atoms. The number of rotatable bonds is 8. The van der Waals surface area contributed by atoms with Gasteiger partial charge in [-0.05, 0) is 52.2 Å². The lowest BCUT2D eigenvalue weighted by molar-refractivity contribution is 0.102. The average molecular weight is 535 g/mol. The number of hydrogen-bond donors (Lipinski definition) is 3. The van der Waals surface area contributed by atoms with E-state index in [2.05, 4.69) is 15.5 Å². The maximum atomic E-state index is 13.8. The van der Waals surface area contributed by atoms with Crippen LogP contribution >= 0.6 is 0 Å². The molecule has 1 amide bonds. The summed E-state index contributed by atoms with van der Waals surface area (Å²) in [6, 6.07) is 6.84. The lowest BCUT2D eigenvalue weighted by Gasteiger charge is -2.30. The van der Waals surface area contributed by atoms with E-state index in [1.807, 2.05) is 19.0 Å². The number of sulfonamides is 1. The number of nitrogens with one attached hydrogen (secondary N) is 2. The number of fused-ring (bicyclic) bond motifs is 1. The molecule has 0 bridgehead atoms. The molecule has 2 aromatic carbocycles. The molecule has 0 saturated carbocycles. The van der Waals surface area contributed by atoms with Gasteiger partial charge < -0.3 is 20.7 Å². The third-order valence-corrected chi connectivity index (χ3v) is 8.13. The predicted molar refractivity (Wildman–Crippen MR) is 134 cm³/mol. The van der Waals surface area contributed by atoms with Crippen molar-refractivity contribution in [1.29, 1.82) is 0 Å². The lowest BCUT2D eigenvalue weighted by Crippen LogP contribution is -2.40. The van der Waals surface area contributed by atoms with Crippen molar-refractivity contribution in [2.24, 2.45) is 0 Å². The van der Waals surface area contributed by atoms with Crippen LogP contribution in [0.2, 0.25) is 0 Å². The van der Waals surface area contributed by atoms with Crippen LogP contribution in [0.4, 0.5) is 20.3 Å². The van der Waals surface area contributed by atoms with Gasteiger partial charge in [-0.15, -0.1) is 0 Å². The highest BCUT2D eigenvalue weighted by atomic mass is 32.2. The van der Waals surface area contributed by atoms with Crippen molar-refractivity contribution in [3.63, 3.8) is 0 Å². The normalized spacial score (nSPS) is 15.1. The molecule has 1 aromatic heterocycles. The van der Waals surface area contributed by atoms with Crippen molar-refractivity contribution in [1.82, 2.24) is 19.4 Å². The Hall–Kier alpha value is -3.55. The summed E-state index contributed by atoms with van der Waals surface area (Å²) in [5.74, 6) is -1.90. The predicted octanol–water partition coefficient (Wildman–Crippen LogP) is 2.90. The maximum absolute atomic E-state index is 13.8. The Kier molecular flexibility index (Phi) is 6.97. The molecule has 3 aromatic rings. The van der Waals surface area contributed by atoms with Crippen LogP contribution < -0.4 is 15.8 Å². The van der Waals surface area contributed by atoms with Crippen molar-refractivity contribution >= 4 is 27.4 Å². The second-order valence-corrected chi connectivity index (χ2v) is 11.3. The number of hydrogen-bond acceptors (Lipinski definition) is 7. The first-order valence-electron chi connectivity index (χ1n) is 11.4. The topological polar surface area (TPSA) is 134 Å². The molecule has 0 radical (unpaired) electrons. The fourth-order valence-corrected chi connectivity index (χ4v) is 5.91. The van der Waals surface area contributed by atoms with Crippen LogP contribution in [-0.4, -0.2) is 61.0 Å². The molecule has 0 spiro atoms. The van der Waals surface area contributed by atoms with Gasteiger partial charge in [0.15, 0.2) is 5.82 Å². The average Bonchev–Trinajstić information content (AvgIpc) is 3.31. The molecule has 4 rings (SSSR count). The van der Waals surface area contributed by atoms with E-state index in [1.165, 1.54) is 6.07 Å². The second kappa shape index (κ2) is 9.72. The minimum absolute atomic E-state index is 0.127. The second-order valence-electron chi connectivity index (χ2n) is 9.46. The van der Waals surface area contributed by atoms with Gasteiger partial charge >= 0.3 is 0 Å². The maximum Gasteiger partial charge on any atom is 0.258 e. The Bertz CT molecular complexity index is 1440. The van der Waals surface area contributed by atoms with Crippen LogP contribution in [0.25, 0.3) is 0 Å². The van der Waals surface area contributed by atoms with E-state index in [-0.39, 0.29) is 23.6 Å². The first-order chi connectivity index (χ1) is 17.3. The molecule has 0 saturated heterocycles. The number of anilines is 2. The largest absolute Gasteiger partial charge is 0.492 e. The van der Waals surface area contributed by atoms with E-state index in [4.69, 9.17) is 10.5 Å². The molecule has 0 atom stereocenters. The van der Waals surface area contributed by atoms with Crippen molar-refractivity contribution in [3.05, 3.63) is 64.9 Å². The Balaban J connectivity index is 1.55. The van der Waals surface area contributed by atoms with Gasteiger partial charge in [-0.25, -0.2) is 17.2 Å². The molecule has 0 unspecified atom stereocenters. The van der Waals surface area contributed by atoms with Gasteiger partial charge in [0, 0.05) is 36.5 Å². The highest BCUT2D eigenvalue weighted by Gasteiger charge is 2.48. The molecular formula is C24H28F2N6O4S. The standard InChI is InChI=1S/C24H28F2N6O4S/c1-24(2)21-19(13-32(24)37(34,35)17-10-14(25)9-15(26)11-17)22(30-29-21)28-23(33)18-6-5-16(12-20(18)27)36-8-7-31(3)4/h5-6,9-12H,7-8,13,27H2,1-4H3,(H2,28,29,30,33). The number of likely N-dealkylation sites (N-methyl/N-ethyl adjacent to an activating group) is 1. The van der Waals surface area contributed by atoms with Crippen molar-refractivity contribution in [3.8, 4) is 5.75 Å². The smallest absolute Gasteiger partial charge is 0.258 e. The zero-order valence-electron chi connectivity index (χ0n) is 20.8. The number of aromatic nitrogens is 2. The molecule has 0 fully saturated rings. The molecule has 198 valence electrons. The first kappa shape index (κ1) is 26.5. The van der Waals surface area contributed by atoms with E-state index in [9.17, 15) is 22.0 Å². The van der Waals surface area contributed by atoms with E-state index < -0.39 is 38.0 Å². The molecule has 1 aliphatic rings. The van der Waals surface area contributed by atoms with E-state index in [0.717, 1.165) is 16.4 Å². The van der Waals surface area contributed by atoms with Crippen LogP contribution in [0.1, 0.15) is 35.5 Å². The fourth-order valence-electron chi connectivity index (χ4n) is 4.14. The molecule has 0 aliphatic carbocycles. The summed E-state index contributed by atoms with van der Waals surface area (Å²) >= 11 is 0. The van der Waals surface area contributed by atoms with Crippen molar-refractivity contribution in [2.75, 3.05) is 38.3 Å². The Morgan fingerprint density at radius 2 is 1.89 bits per heavy atom. The molecule has 1 aliphatic heterocycles. The van der Waals surface area contributed by atoms with E-state index in [0.29, 0.717) is 36.2 Å². The number of H-pyrrole nitrogens is 1. The molecule has 10 nitrogen and oxygen atoms in total. The highest BCUT2D eigenvalue weighted by Crippen LogP contribution is 2.44. The van der Waals surface area contributed by atoms with Crippen LogP contribution in [-0.2, 0) is 22.1 Å².